The maximum Gasteiger partial charge on any atom is 0.269 e. The van der Waals surface area contributed by atoms with E-state index in [-0.39, 0.29) is 36.0 Å². The van der Waals surface area contributed by atoms with Gasteiger partial charge in [0.1, 0.15) is 5.75 Å². The highest BCUT2D eigenvalue weighted by atomic mass is 32.2. The zero-order valence-electron chi connectivity index (χ0n) is 15.9. The van der Waals surface area contributed by atoms with Crippen molar-refractivity contribution in [2.75, 3.05) is 33.3 Å². The topological polar surface area (TPSA) is 110 Å². The largest absolute Gasteiger partial charge is 0.497 e. The minimum Gasteiger partial charge on any atom is -0.497 e. The van der Waals surface area contributed by atoms with Crippen molar-refractivity contribution in [3.05, 3.63) is 64.2 Å². The number of hydrogen-bond donors (Lipinski definition) is 0. The van der Waals surface area contributed by atoms with Crippen LogP contribution >= 0.6 is 0 Å². The molecule has 9 nitrogen and oxygen atoms in total. The van der Waals surface area contributed by atoms with E-state index in [4.69, 9.17) is 4.74 Å². The van der Waals surface area contributed by atoms with Crippen LogP contribution in [0.5, 0.6) is 5.75 Å². The lowest BCUT2D eigenvalue weighted by Gasteiger charge is -2.34. The fourth-order valence-corrected chi connectivity index (χ4v) is 4.52. The summed E-state index contributed by atoms with van der Waals surface area (Å²) in [5.41, 5.74) is 0.646. The monoisotopic (exact) mass is 419 g/mol. The van der Waals surface area contributed by atoms with Crippen LogP contribution < -0.4 is 4.74 Å². The Kier molecular flexibility index (Phi) is 6.14. The Labute approximate surface area is 168 Å². The molecule has 1 amide bonds. The first-order chi connectivity index (χ1) is 13.8. The highest BCUT2D eigenvalue weighted by molar-refractivity contribution is 7.89. The number of carbonyl (C=O) groups is 1. The van der Waals surface area contributed by atoms with E-state index >= 15 is 0 Å². The van der Waals surface area contributed by atoms with Crippen molar-refractivity contribution in [2.45, 2.75) is 11.3 Å². The quantitative estimate of drug-likeness (QED) is 0.520. The predicted molar refractivity (Wildman–Crippen MR) is 105 cm³/mol. The van der Waals surface area contributed by atoms with E-state index in [0.29, 0.717) is 24.4 Å². The highest BCUT2D eigenvalue weighted by Crippen LogP contribution is 2.21. The number of benzene rings is 2. The van der Waals surface area contributed by atoms with Crippen molar-refractivity contribution in [1.29, 1.82) is 0 Å². The molecule has 0 bridgehead atoms. The Balaban J connectivity index is 1.59. The van der Waals surface area contributed by atoms with Crippen LogP contribution in [0.2, 0.25) is 0 Å². The van der Waals surface area contributed by atoms with Crippen molar-refractivity contribution in [3.63, 3.8) is 0 Å². The first kappa shape index (κ1) is 20.7. The van der Waals surface area contributed by atoms with Crippen molar-refractivity contribution in [2.24, 2.45) is 0 Å². The van der Waals surface area contributed by atoms with Crippen molar-refractivity contribution in [3.8, 4) is 5.75 Å². The molecule has 2 aromatic rings. The summed E-state index contributed by atoms with van der Waals surface area (Å²) >= 11 is 0. The van der Waals surface area contributed by atoms with Gasteiger partial charge in [-0.25, -0.2) is 8.42 Å². The molecule has 3 rings (SSSR count). The summed E-state index contributed by atoms with van der Waals surface area (Å²) in [6.07, 6.45) is 0.114. The summed E-state index contributed by atoms with van der Waals surface area (Å²) in [6.45, 7) is 1.00. The standard InChI is InChI=1S/C19H21N3O6S/c1-28-17-6-8-18(9-7-17)29(26,27)21-12-10-20(11-13-21)19(23)14-15-2-4-16(5-3-15)22(24)25/h2-9H,10-14H2,1H3. The minimum absolute atomic E-state index is 0.0291. The molecule has 0 N–H and O–H groups in total. The normalized spacial score (nSPS) is 15.1. The van der Waals surface area contributed by atoms with Gasteiger partial charge in [-0.3, -0.25) is 14.9 Å². The Hall–Kier alpha value is -2.98. The molecule has 10 heteroatoms. The molecule has 1 fully saturated rings. The number of sulfonamides is 1. The van der Waals surface area contributed by atoms with Crippen molar-refractivity contribution in [1.82, 2.24) is 9.21 Å². The molecule has 1 heterocycles. The maximum atomic E-state index is 12.8. The van der Waals surface area contributed by atoms with Gasteiger partial charge < -0.3 is 9.64 Å². The molecule has 0 aromatic heterocycles. The second-order valence-corrected chi connectivity index (χ2v) is 8.50. The molecule has 1 aliphatic heterocycles. The van der Waals surface area contributed by atoms with E-state index in [0.717, 1.165) is 0 Å². The second kappa shape index (κ2) is 8.58. The Bertz CT molecular complexity index is 982. The van der Waals surface area contributed by atoms with E-state index < -0.39 is 14.9 Å². The molecular formula is C19H21N3O6S. The van der Waals surface area contributed by atoms with Crippen LogP contribution in [-0.2, 0) is 21.2 Å². The van der Waals surface area contributed by atoms with Crippen molar-refractivity contribution >= 4 is 21.6 Å². The van der Waals surface area contributed by atoms with Gasteiger partial charge in [-0.2, -0.15) is 4.31 Å². The van der Waals surface area contributed by atoms with Gasteiger partial charge in [0.2, 0.25) is 15.9 Å². The molecule has 0 saturated carbocycles. The molecule has 29 heavy (non-hydrogen) atoms. The zero-order valence-corrected chi connectivity index (χ0v) is 16.7. The molecule has 0 spiro atoms. The van der Waals surface area contributed by atoms with E-state index in [1.54, 1.807) is 29.2 Å². The van der Waals surface area contributed by atoms with Crippen LogP contribution in [0.25, 0.3) is 0 Å². The number of nitro groups is 1. The lowest BCUT2D eigenvalue weighted by Crippen LogP contribution is -2.50. The van der Waals surface area contributed by atoms with Gasteiger partial charge in [0.15, 0.2) is 0 Å². The Morgan fingerprint density at radius 2 is 1.62 bits per heavy atom. The fraction of sp³-hybridized carbons (Fsp3) is 0.316. The third kappa shape index (κ3) is 4.72. The smallest absolute Gasteiger partial charge is 0.269 e. The van der Waals surface area contributed by atoms with E-state index in [1.807, 2.05) is 0 Å². The summed E-state index contributed by atoms with van der Waals surface area (Å²) < 4.78 is 32.0. The van der Waals surface area contributed by atoms with Crippen molar-refractivity contribution < 1.29 is 22.9 Å². The van der Waals surface area contributed by atoms with E-state index in [2.05, 4.69) is 0 Å². The van der Waals surface area contributed by atoms with Gasteiger partial charge in [0.05, 0.1) is 23.3 Å². The molecule has 1 saturated heterocycles. The molecule has 1 aliphatic rings. The zero-order chi connectivity index (χ0) is 21.0. The number of methoxy groups -OCH3 is 1. The van der Waals surface area contributed by atoms with Gasteiger partial charge >= 0.3 is 0 Å². The number of ether oxygens (including phenoxy) is 1. The molecule has 0 aliphatic carbocycles. The van der Waals surface area contributed by atoms with Gasteiger partial charge in [0.25, 0.3) is 5.69 Å². The number of nitrogens with zero attached hydrogens (tertiary/aromatic N) is 3. The third-order valence-corrected chi connectivity index (χ3v) is 6.70. The summed E-state index contributed by atoms with van der Waals surface area (Å²) in [5.74, 6) is 0.436. The highest BCUT2D eigenvalue weighted by Gasteiger charge is 2.30. The maximum absolute atomic E-state index is 12.8. The molecule has 2 aromatic carbocycles. The lowest BCUT2D eigenvalue weighted by atomic mass is 10.1. The summed E-state index contributed by atoms with van der Waals surface area (Å²) in [4.78, 5) is 24.5. The number of hydrogen-bond acceptors (Lipinski definition) is 6. The molecule has 0 radical (unpaired) electrons. The van der Waals surface area contributed by atoms with Crippen LogP contribution in [0.1, 0.15) is 5.56 Å². The van der Waals surface area contributed by atoms with E-state index in [9.17, 15) is 23.3 Å². The Morgan fingerprint density at radius 3 is 2.14 bits per heavy atom. The summed E-state index contributed by atoms with van der Waals surface area (Å²) in [5, 5.41) is 10.7. The number of piperazine rings is 1. The Morgan fingerprint density at radius 1 is 1.03 bits per heavy atom. The van der Waals surface area contributed by atoms with Gasteiger partial charge in [-0.15, -0.1) is 0 Å². The second-order valence-electron chi connectivity index (χ2n) is 6.56. The summed E-state index contributed by atoms with van der Waals surface area (Å²) in [6, 6.07) is 12.0. The summed E-state index contributed by atoms with van der Waals surface area (Å²) in [7, 11) is -2.12. The van der Waals surface area contributed by atoms with Gasteiger partial charge in [-0.1, -0.05) is 12.1 Å². The molecule has 0 unspecified atom stereocenters. The number of carbonyl (C=O) groups excluding carboxylic acids is 1. The van der Waals surface area contributed by atoms with Crippen LogP contribution in [0.3, 0.4) is 0 Å². The fourth-order valence-electron chi connectivity index (χ4n) is 3.10. The van der Waals surface area contributed by atoms with Crippen LogP contribution in [0, 0.1) is 10.1 Å². The number of amides is 1. The lowest BCUT2D eigenvalue weighted by molar-refractivity contribution is -0.384. The molecular weight excluding hydrogens is 398 g/mol. The number of rotatable bonds is 6. The first-order valence-electron chi connectivity index (χ1n) is 8.96. The third-order valence-electron chi connectivity index (χ3n) is 4.79. The van der Waals surface area contributed by atoms with Crippen LogP contribution in [0.15, 0.2) is 53.4 Å². The average Bonchev–Trinajstić information content (AvgIpc) is 2.74. The SMILES string of the molecule is COc1ccc(S(=O)(=O)N2CCN(C(=O)Cc3ccc([N+](=O)[O-])cc3)CC2)cc1. The minimum atomic E-state index is -3.63. The predicted octanol–water partition coefficient (Wildman–Crippen LogP) is 1.68. The average molecular weight is 419 g/mol. The van der Waals surface area contributed by atoms with Gasteiger partial charge in [-0.05, 0) is 29.8 Å². The van der Waals surface area contributed by atoms with Crippen LogP contribution in [0.4, 0.5) is 5.69 Å². The number of non-ortho nitro benzene ring substituents is 1. The molecule has 154 valence electrons. The van der Waals surface area contributed by atoms with E-state index in [1.165, 1.54) is 35.7 Å². The van der Waals surface area contributed by atoms with Crippen LogP contribution in [-0.4, -0.2) is 61.7 Å². The molecule has 0 atom stereocenters. The first-order valence-corrected chi connectivity index (χ1v) is 10.4. The van der Waals surface area contributed by atoms with Gasteiger partial charge in [0, 0.05) is 38.3 Å². The number of nitro benzene ring substituents is 1.